The predicted octanol–water partition coefficient (Wildman–Crippen LogP) is 5.24. The molecule has 1 saturated heterocycles. The average molecular weight is 422 g/mol. The lowest BCUT2D eigenvalue weighted by Crippen LogP contribution is -2.38. The average Bonchev–Trinajstić information content (AvgIpc) is 3.50. The molecule has 29 heavy (non-hydrogen) atoms. The van der Waals surface area contributed by atoms with Gasteiger partial charge in [0.15, 0.2) is 0 Å². The number of carboxylic acids is 1. The summed E-state index contributed by atoms with van der Waals surface area (Å²) in [5, 5.41) is 9.45. The fourth-order valence-corrected chi connectivity index (χ4v) is 4.09. The van der Waals surface area contributed by atoms with Crippen LogP contribution in [0.2, 0.25) is 5.02 Å². The van der Waals surface area contributed by atoms with Crippen LogP contribution in [-0.2, 0) is 6.54 Å². The Morgan fingerprint density at radius 1 is 1.14 bits per heavy atom. The molecule has 0 atom stereocenters. The number of piperidine rings is 1. The van der Waals surface area contributed by atoms with Crippen molar-refractivity contribution in [3.05, 3.63) is 63.7 Å². The number of carboxylic acid groups (broad SMARTS) is 1. The molecule has 1 aliphatic heterocycles. The van der Waals surface area contributed by atoms with Crippen molar-refractivity contribution >= 4 is 17.6 Å². The lowest BCUT2D eigenvalue weighted by atomic mass is 9.98. The smallest absolute Gasteiger partial charge is 0.338 e. The molecule has 1 saturated carbocycles. The number of ether oxygens (including phenoxy) is 1. The van der Waals surface area contributed by atoms with E-state index in [1.54, 1.807) is 6.07 Å². The summed E-state index contributed by atoms with van der Waals surface area (Å²) in [7, 11) is 0. The molecule has 2 aromatic rings. The molecule has 0 spiro atoms. The van der Waals surface area contributed by atoms with Crippen molar-refractivity contribution in [3.8, 4) is 5.75 Å². The fourth-order valence-electron chi connectivity index (χ4n) is 3.88. The van der Waals surface area contributed by atoms with Gasteiger partial charge in [0.25, 0.3) is 0 Å². The van der Waals surface area contributed by atoms with Gasteiger partial charge >= 0.3 is 5.97 Å². The van der Waals surface area contributed by atoms with Crippen molar-refractivity contribution in [3.63, 3.8) is 0 Å². The zero-order valence-electron chi connectivity index (χ0n) is 15.8. The minimum atomic E-state index is -1.23. The summed E-state index contributed by atoms with van der Waals surface area (Å²) >= 11 is 6.03. The summed E-state index contributed by atoms with van der Waals surface area (Å²) in [6.07, 6.45) is 3.59. The first-order chi connectivity index (χ1) is 13.9. The number of benzene rings is 2. The quantitative estimate of drug-likeness (QED) is 0.693. The Labute approximate surface area is 173 Å². The van der Waals surface area contributed by atoms with Crippen LogP contribution in [0.1, 0.15) is 53.1 Å². The van der Waals surface area contributed by atoms with Gasteiger partial charge in [-0.3, -0.25) is 4.90 Å². The molecule has 0 unspecified atom stereocenters. The predicted molar refractivity (Wildman–Crippen MR) is 106 cm³/mol. The van der Waals surface area contributed by atoms with Gasteiger partial charge in [0.2, 0.25) is 0 Å². The highest BCUT2D eigenvalue weighted by molar-refractivity contribution is 6.32. The highest BCUT2D eigenvalue weighted by atomic mass is 35.5. The third-order valence-electron chi connectivity index (χ3n) is 5.59. The molecular weight excluding hydrogens is 400 g/mol. The third kappa shape index (κ3) is 4.70. The van der Waals surface area contributed by atoms with E-state index in [1.165, 1.54) is 24.3 Å². The monoisotopic (exact) mass is 421 g/mol. The molecule has 4 rings (SSSR count). The van der Waals surface area contributed by atoms with Crippen molar-refractivity contribution in [1.82, 2.24) is 4.90 Å². The lowest BCUT2D eigenvalue weighted by Gasteiger charge is -2.32. The van der Waals surface area contributed by atoms with Crippen LogP contribution in [-0.4, -0.2) is 35.2 Å². The van der Waals surface area contributed by atoms with Crippen LogP contribution in [0.4, 0.5) is 8.78 Å². The topological polar surface area (TPSA) is 49.8 Å². The molecule has 2 fully saturated rings. The highest BCUT2D eigenvalue weighted by Crippen LogP contribution is 2.43. The van der Waals surface area contributed by atoms with Gasteiger partial charge in [-0.15, -0.1) is 0 Å². The SMILES string of the molecule is O=C(O)c1cc(C2CC2)c(CN2CCC(Oc3ccc(F)cc3Cl)CC2)cc1F. The second-order valence-corrected chi connectivity index (χ2v) is 8.19. The number of nitrogens with zero attached hydrogens (tertiary/aromatic N) is 1. The number of rotatable bonds is 6. The van der Waals surface area contributed by atoms with E-state index in [4.69, 9.17) is 16.3 Å². The van der Waals surface area contributed by atoms with E-state index in [-0.39, 0.29) is 16.7 Å². The summed E-state index contributed by atoms with van der Waals surface area (Å²) < 4.78 is 33.3. The van der Waals surface area contributed by atoms with E-state index in [1.807, 2.05) is 0 Å². The standard InChI is InChI=1S/C22H22ClF2NO3/c23-19-10-15(24)3-4-21(19)29-16-5-7-26(8-6-16)12-14-9-20(25)18(22(27)28)11-17(14)13-1-2-13/h3-4,9-11,13,16H,1-2,5-8,12H2,(H,27,28). The molecule has 1 heterocycles. The molecule has 0 amide bonds. The molecular formula is C22H22ClF2NO3. The first-order valence-electron chi connectivity index (χ1n) is 9.80. The summed E-state index contributed by atoms with van der Waals surface area (Å²) in [6, 6.07) is 7.00. The fraction of sp³-hybridized carbons (Fsp3) is 0.409. The molecule has 0 aromatic heterocycles. The van der Waals surface area contributed by atoms with Gasteiger partial charge in [-0.25, -0.2) is 13.6 Å². The maximum Gasteiger partial charge on any atom is 0.338 e. The largest absolute Gasteiger partial charge is 0.489 e. The maximum atomic E-state index is 14.2. The summed E-state index contributed by atoms with van der Waals surface area (Å²) in [4.78, 5) is 13.5. The molecule has 0 radical (unpaired) electrons. The minimum Gasteiger partial charge on any atom is -0.489 e. The highest BCUT2D eigenvalue weighted by Gasteiger charge is 2.30. The Morgan fingerprint density at radius 3 is 2.48 bits per heavy atom. The van der Waals surface area contributed by atoms with Crippen LogP contribution >= 0.6 is 11.6 Å². The number of carbonyl (C=O) groups is 1. The van der Waals surface area contributed by atoms with Gasteiger partial charge in [0.1, 0.15) is 23.5 Å². The van der Waals surface area contributed by atoms with E-state index in [0.29, 0.717) is 18.2 Å². The summed E-state index contributed by atoms with van der Waals surface area (Å²) in [6.45, 7) is 2.14. The van der Waals surface area contributed by atoms with Crippen molar-refractivity contribution in [2.75, 3.05) is 13.1 Å². The molecule has 2 aliphatic rings. The third-order valence-corrected chi connectivity index (χ3v) is 5.89. The zero-order chi connectivity index (χ0) is 20.5. The van der Waals surface area contributed by atoms with Crippen LogP contribution in [0.3, 0.4) is 0 Å². The van der Waals surface area contributed by atoms with Crippen molar-refractivity contribution in [2.45, 2.75) is 44.2 Å². The summed E-state index contributed by atoms with van der Waals surface area (Å²) in [5.74, 6) is -1.49. The molecule has 1 aliphatic carbocycles. The van der Waals surface area contributed by atoms with Gasteiger partial charge in [0.05, 0.1) is 10.6 Å². The Hall–Kier alpha value is -2.18. The van der Waals surface area contributed by atoms with Crippen LogP contribution in [0.5, 0.6) is 5.75 Å². The molecule has 4 nitrogen and oxygen atoms in total. The van der Waals surface area contributed by atoms with Gasteiger partial charge < -0.3 is 9.84 Å². The van der Waals surface area contributed by atoms with Gasteiger partial charge in [-0.1, -0.05) is 11.6 Å². The van der Waals surface area contributed by atoms with Crippen molar-refractivity contribution in [2.24, 2.45) is 0 Å². The number of aromatic carboxylic acids is 1. The molecule has 2 aromatic carbocycles. The molecule has 7 heteroatoms. The van der Waals surface area contributed by atoms with E-state index < -0.39 is 17.6 Å². The van der Waals surface area contributed by atoms with E-state index in [2.05, 4.69) is 4.90 Å². The number of hydrogen-bond acceptors (Lipinski definition) is 3. The Bertz CT molecular complexity index is 925. The second-order valence-electron chi connectivity index (χ2n) is 7.78. The minimum absolute atomic E-state index is 0.0109. The summed E-state index contributed by atoms with van der Waals surface area (Å²) in [5.41, 5.74) is 1.58. The molecule has 1 N–H and O–H groups in total. The van der Waals surface area contributed by atoms with Crippen LogP contribution in [0, 0.1) is 11.6 Å². The number of halogens is 3. The molecule has 154 valence electrons. The van der Waals surface area contributed by atoms with Crippen molar-refractivity contribution < 1.29 is 23.4 Å². The van der Waals surface area contributed by atoms with E-state index in [0.717, 1.165) is 49.9 Å². The van der Waals surface area contributed by atoms with Crippen LogP contribution < -0.4 is 4.74 Å². The van der Waals surface area contributed by atoms with Gasteiger partial charge in [-0.05, 0) is 73.1 Å². The maximum absolute atomic E-state index is 14.2. The normalized spacial score (nSPS) is 18.0. The van der Waals surface area contributed by atoms with E-state index >= 15 is 0 Å². The molecule has 0 bridgehead atoms. The van der Waals surface area contributed by atoms with Crippen LogP contribution in [0.15, 0.2) is 30.3 Å². The first kappa shape index (κ1) is 20.1. The van der Waals surface area contributed by atoms with E-state index in [9.17, 15) is 18.7 Å². The second kappa shape index (κ2) is 8.28. The van der Waals surface area contributed by atoms with Crippen molar-refractivity contribution in [1.29, 1.82) is 0 Å². The lowest BCUT2D eigenvalue weighted by molar-refractivity contribution is 0.0691. The Balaban J connectivity index is 1.39. The van der Waals surface area contributed by atoms with Gasteiger partial charge in [0, 0.05) is 19.6 Å². The number of hydrogen-bond donors (Lipinski definition) is 1. The first-order valence-corrected chi connectivity index (χ1v) is 10.2. The number of likely N-dealkylation sites (tertiary alicyclic amines) is 1. The van der Waals surface area contributed by atoms with Crippen LogP contribution in [0.25, 0.3) is 0 Å². The Morgan fingerprint density at radius 2 is 1.86 bits per heavy atom. The zero-order valence-corrected chi connectivity index (χ0v) is 16.6. The Kier molecular flexibility index (Phi) is 5.74. The van der Waals surface area contributed by atoms with Gasteiger partial charge in [-0.2, -0.15) is 0 Å².